The Hall–Kier alpha value is -1.53. The zero-order chi connectivity index (χ0) is 15.0. The van der Waals surface area contributed by atoms with Crippen LogP contribution in [0.2, 0.25) is 0 Å². The lowest BCUT2D eigenvalue weighted by molar-refractivity contribution is 0.235. The topological polar surface area (TPSA) is 36.3 Å². The van der Waals surface area contributed by atoms with Gasteiger partial charge in [-0.05, 0) is 51.1 Å². The molecular weight excluding hydrogens is 248 g/mol. The molecule has 0 bridgehead atoms. The molecule has 1 rings (SSSR count). The fraction of sp³-hybridized carbons (Fsp3) is 0.588. The molecule has 0 amide bonds. The Kier molecular flexibility index (Phi) is 7.11. The molecule has 0 aliphatic heterocycles. The summed E-state index contributed by atoms with van der Waals surface area (Å²) >= 11 is 0. The molecule has 0 saturated carbocycles. The van der Waals surface area contributed by atoms with E-state index in [1.165, 1.54) is 0 Å². The number of nitrogens with zero attached hydrogens (tertiary/aromatic N) is 2. The molecule has 0 saturated heterocycles. The van der Waals surface area contributed by atoms with Gasteiger partial charge in [-0.3, -0.25) is 4.90 Å². The molecule has 3 nitrogen and oxygen atoms in total. The highest BCUT2D eigenvalue weighted by molar-refractivity contribution is 5.33. The van der Waals surface area contributed by atoms with Gasteiger partial charge < -0.3 is 4.74 Å². The molecule has 0 aromatic heterocycles. The number of nitriles is 1. The molecule has 0 aliphatic carbocycles. The summed E-state index contributed by atoms with van der Waals surface area (Å²) in [5, 5.41) is 9.52. The summed E-state index contributed by atoms with van der Waals surface area (Å²) in [5.41, 5.74) is 1.02. The van der Waals surface area contributed by atoms with Gasteiger partial charge in [0.1, 0.15) is 11.8 Å². The minimum atomic E-state index is -0.192. The third-order valence-corrected chi connectivity index (χ3v) is 3.24. The van der Waals surface area contributed by atoms with Gasteiger partial charge in [0.25, 0.3) is 0 Å². The maximum atomic E-state index is 9.52. The van der Waals surface area contributed by atoms with Crippen molar-refractivity contribution in [2.45, 2.75) is 52.7 Å². The summed E-state index contributed by atoms with van der Waals surface area (Å²) in [6, 6.07) is 10.1. The largest absolute Gasteiger partial charge is 0.491 e. The van der Waals surface area contributed by atoms with Gasteiger partial charge in [-0.25, -0.2) is 0 Å². The minimum Gasteiger partial charge on any atom is -0.491 e. The van der Waals surface area contributed by atoms with Crippen molar-refractivity contribution in [1.29, 1.82) is 5.26 Å². The van der Waals surface area contributed by atoms with Gasteiger partial charge in [-0.1, -0.05) is 32.4 Å². The Balaban J connectivity index is 2.90. The first-order valence-electron chi connectivity index (χ1n) is 7.52. The number of hydrogen-bond acceptors (Lipinski definition) is 3. The molecule has 1 aromatic carbocycles. The number of hydrogen-bond donors (Lipinski definition) is 0. The van der Waals surface area contributed by atoms with Gasteiger partial charge >= 0.3 is 0 Å². The van der Waals surface area contributed by atoms with Crippen LogP contribution in [0.5, 0.6) is 5.75 Å². The van der Waals surface area contributed by atoms with Gasteiger partial charge in [0.05, 0.1) is 12.2 Å². The summed E-state index contributed by atoms with van der Waals surface area (Å²) in [6.07, 6.45) is 2.41. The van der Waals surface area contributed by atoms with E-state index >= 15 is 0 Å². The van der Waals surface area contributed by atoms with Gasteiger partial charge in [0.15, 0.2) is 0 Å². The molecule has 0 radical (unpaired) electrons. The first kappa shape index (κ1) is 16.5. The second kappa shape index (κ2) is 8.60. The predicted octanol–water partition coefficient (Wildman–Crippen LogP) is 4.16. The second-order valence-electron chi connectivity index (χ2n) is 5.25. The van der Waals surface area contributed by atoms with Crippen LogP contribution in [0.25, 0.3) is 0 Å². The van der Waals surface area contributed by atoms with E-state index in [4.69, 9.17) is 4.74 Å². The van der Waals surface area contributed by atoms with Crippen LogP contribution in [0, 0.1) is 11.3 Å². The fourth-order valence-electron chi connectivity index (χ4n) is 2.23. The van der Waals surface area contributed by atoms with Crippen LogP contribution in [-0.2, 0) is 0 Å². The fourth-order valence-corrected chi connectivity index (χ4v) is 2.23. The second-order valence-corrected chi connectivity index (χ2v) is 5.25. The van der Waals surface area contributed by atoms with Crippen LogP contribution in [0.15, 0.2) is 24.3 Å². The average Bonchev–Trinajstić information content (AvgIpc) is 2.43. The highest BCUT2D eigenvalue weighted by Crippen LogP contribution is 2.24. The molecule has 1 atom stereocenters. The number of unbranched alkanes of at least 4 members (excludes halogenated alkanes) is 1. The van der Waals surface area contributed by atoms with Crippen LogP contribution in [0.3, 0.4) is 0 Å². The summed E-state index contributed by atoms with van der Waals surface area (Å²) in [6.45, 7) is 10.1. The Labute approximate surface area is 123 Å². The zero-order valence-corrected chi connectivity index (χ0v) is 13.1. The summed E-state index contributed by atoms with van der Waals surface area (Å²) < 4.78 is 5.72. The molecule has 0 heterocycles. The van der Waals surface area contributed by atoms with Crippen molar-refractivity contribution in [3.05, 3.63) is 29.8 Å². The highest BCUT2D eigenvalue weighted by atomic mass is 16.5. The standard InChI is InChI=1S/C17H26N2O/c1-5-7-11-19(6-2)17(13-18)15-9-8-10-16(12-15)20-14(3)4/h8-10,12,14,17H,5-7,11H2,1-4H3. The minimum absolute atomic E-state index is 0.146. The third kappa shape index (κ3) is 4.86. The zero-order valence-electron chi connectivity index (χ0n) is 13.1. The summed E-state index contributed by atoms with van der Waals surface area (Å²) in [7, 11) is 0. The van der Waals surface area contributed by atoms with Crippen molar-refractivity contribution in [2.75, 3.05) is 13.1 Å². The number of benzene rings is 1. The number of rotatable bonds is 8. The van der Waals surface area contributed by atoms with E-state index in [0.29, 0.717) is 0 Å². The predicted molar refractivity (Wildman–Crippen MR) is 82.7 cm³/mol. The first-order valence-corrected chi connectivity index (χ1v) is 7.52. The normalized spacial score (nSPS) is 12.4. The maximum absolute atomic E-state index is 9.52. The molecule has 3 heteroatoms. The van der Waals surface area contributed by atoms with E-state index in [1.54, 1.807) is 0 Å². The molecular formula is C17H26N2O. The van der Waals surface area contributed by atoms with Crippen molar-refractivity contribution in [3.8, 4) is 11.8 Å². The lowest BCUT2D eigenvalue weighted by Crippen LogP contribution is -2.28. The van der Waals surface area contributed by atoms with E-state index in [-0.39, 0.29) is 12.1 Å². The van der Waals surface area contributed by atoms with E-state index in [9.17, 15) is 5.26 Å². The smallest absolute Gasteiger partial charge is 0.123 e. The quantitative estimate of drug-likeness (QED) is 0.714. The highest BCUT2D eigenvalue weighted by Gasteiger charge is 2.18. The lowest BCUT2D eigenvalue weighted by Gasteiger charge is -2.26. The van der Waals surface area contributed by atoms with Gasteiger partial charge in [0, 0.05) is 0 Å². The van der Waals surface area contributed by atoms with E-state index < -0.39 is 0 Å². The molecule has 0 N–H and O–H groups in total. The summed E-state index contributed by atoms with van der Waals surface area (Å²) in [5.74, 6) is 0.837. The van der Waals surface area contributed by atoms with Crippen LogP contribution >= 0.6 is 0 Å². The monoisotopic (exact) mass is 274 g/mol. The summed E-state index contributed by atoms with van der Waals surface area (Å²) in [4.78, 5) is 2.22. The van der Waals surface area contributed by atoms with E-state index in [1.807, 2.05) is 38.1 Å². The van der Waals surface area contributed by atoms with E-state index in [2.05, 4.69) is 24.8 Å². The Morgan fingerprint density at radius 1 is 1.30 bits per heavy atom. The van der Waals surface area contributed by atoms with E-state index in [0.717, 1.165) is 37.2 Å². The van der Waals surface area contributed by atoms with Crippen molar-refractivity contribution in [2.24, 2.45) is 0 Å². The molecule has 1 aromatic rings. The molecule has 0 aliphatic rings. The van der Waals surface area contributed by atoms with Crippen molar-refractivity contribution in [1.82, 2.24) is 4.90 Å². The molecule has 20 heavy (non-hydrogen) atoms. The van der Waals surface area contributed by atoms with Crippen LogP contribution < -0.4 is 4.74 Å². The molecule has 0 spiro atoms. The molecule has 110 valence electrons. The Bertz CT molecular complexity index is 437. The maximum Gasteiger partial charge on any atom is 0.123 e. The van der Waals surface area contributed by atoms with Crippen molar-refractivity contribution in [3.63, 3.8) is 0 Å². The third-order valence-electron chi connectivity index (χ3n) is 3.24. The van der Waals surface area contributed by atoms with Crippen molar-refractivity contribution >= 4 is 0 Å². The van der Waals surface area contributed by atoms with Crippen LogP contribution in [-0.4, -0.2) is 24.1 Å². The molecule has 0 fully saturated rings. The Morgan fingerprint density at radius 3 is 2.60 bits per heavy atom. The van der Waals surface area contributed by atoms with Crippen LogP contribution in [0.4, 0.5) is 0 Å². The van der Waals surface area contributed by atoms with Crippen LogP contribution in [0.1, 0.15) is 52.1 Å². The SMILES string of the molecule is CCCCN(CC)C(C#N)c1cccc(OC(C)C)c1. The lowest BCUT2D eigenvalue weighted by atomic mass is 10.1. The Morgan fingerprint density at radius 2 is 2.05 bits per heavy atom. The van der Waals surface area contributed by atoms with Crippen molar-refractivity contribution < 1.29 is 4.74 Å². The average molecular weight is 274 g/mol. The van der Waals surface area contributed by atoms with Gasteiger partial charge in [-0.2, -0.15) is 5.26 Å². The number of ether oxygens (including phenoxy) is 1. The first-order chi connectivity index (χ1) is 9.62. The molecule has 1 unspecified atom stereocenters. The van der Waals surface area contributed by atoms with Gasteiger partial charge in [-0.15, -0.1) is 0 Å². The van der Waals surface area contributed by atoms with Gasteiger partial charge in [0.2, 0.25) is 0 Å².